The second-order valence-corrected chi connectivity index (χ2v) is 5.74. The van der Waals surface area contributed by atoms with Crippen LogP contribution in [-0.2, 0) is 17.4 Å². The number of halogens is 3. The molecule has 2 atom stereocenters. The van der Waals surface area contributed by atoms with Gasteiger partial charge in [-0.15, -0.1) is 0 Å². The molecule has 0 amide bonds. The van der Waals surface area contributed by atoms with Crippen molar-refractivity contribution in [2.75, 3.05) is 4.90 Å². The van der Waals surface area contributed by atoms with Crippen LogP contribution in [0.25, 0.3) is 0 Å². The van der Waals surface area contributed by atoms with Crippen LogP contribution in [-0.4, -0.2) is 23.2 Å². The van der Waals surface area contributed by atoms with Crippen molar-refractivity contribution in [3.63, 3.8) is 0 Å². The third-order valence-electron chi connectivity index (χ3n) is 4.00. The number of hydrogen-bond acceptors (Lipinski definition) is 2. The summed E-state index contributed by atoms with van der Waals surface area (Å²) in [5.74, 6) is -1.58. The van der Waals surface area contributed by atoms with Crippen LogP contribution in [0.5, 0.6) is 0 Å². The summed E-state index contributed by atoms with van der Waals surface area (Å²) in [7, 11) is 0. The minimum absolute atomic E-state index is 0.0680. The van der Waals surface area contributed by atoms with E-state index in [0.29, 0.717) is 12.1 Å². The maximum atomic E-state index is 12.9. The summed E-state index contributed by atoms with van der Waals surface area (Å²) in [4.78, 5) is 13.0. The van der Waals surface area contributed by atoms with Crippen molar-refractivity contribution >= 4 is 11.7 Å². The third-order valence-corrected chi connectivity index (χ3v) is 4.00. The monoisotopic (exact) mass is 301 g/mol. The van der Waals surface area contributed by atoms with Crippen LogP contribution in [0.2, 0.25) is 0 Å². The lowest BCUT2D eigenvalue weighted by molar-refractivity contribution is -0.142. The smallest absolute Gasteiger partial charge is 0.416 e. The first-order chi connectivity index (χ1) is 9.62. The third kappa shape index (κ3) is 2.84. The average Bonchev–Trinajstić information content (AvgIpc) is 2.74. The van der Waals surface area contributed by atoms with Crippen molar-refractivity contribution in [2.24, 2.45) is 5.92 Å². The minimum atomic E-state index is -4.39. The van der Waals surface area contributed by atoms with Crippen molar-refractivity contribution in [1.82, 2.24) is 0 Å². The van der Waals surface area contributed by atoms with Gasteiger partial charge >= 0.3 is 12.1 Å². The number of fused-ring (bicyclic) bond motifs is 1. The number of nitrogens with zero attached hydrogens (tertiary/aromatic N) is 1. The Labute approximate surface area is 121 Å². The SMILES string of the molecule is CC(C(=O)O)C1Cc2ccc(C(F)(F)F)cc2N1C(C)C. The molecule has 2 unspecified atom stereocenters. The van der Waals surface area contributed by atoms with Gasteiger partial charge in [-0.05, 0) is 44.9 Å². The molecule has 1 heterocycles. The van der Waals surface area contributed by atoms with Crippen LogP contribution in [0.1, 0.15) is 31.9 Å². The summed E-state index contributed by atoms with van der Waals surface area (Å²) in [5, 5.41) is 9.20. The molecule has 116 valence electrons. The molecular formula is C15H18F3NO2. The topological polar surface area (TPSA) is 40.5 Å². The lowest BCUT2D eigenvalue weighted by Gasteiger charge is -2.34. The average molecular weight is 301 g/mol. The van der Waals surface area contributed by atoms with Gasteiger partial charge in [0, 0.05) is 17.8 Å². The van der Waals surface area contributed by atoms with E-state index in [2.05, 4.69) is 0 Å². The summed E-state index contributed by atoms with van der Waals surface area (Å²) in [6.07, 6.45) is -3.94. The molecule has 1 aliphatic heterocycles. The molecule has 0 spiro atoms. The van der Waals surface area contributed by atoms with Crippen LogP contribution in [0, 0.1) is 5.92 Å². The first kappa shape index (κ1) is 15.7. The molecule has 0 aromatic heterocycles. The first-order valence-electron chi connectivity index (χ1n) is 6.84. The fraction of sp³-hybridized carbons (Fsp3) is 0.533. The fourth-order valence-electron chi connectivity index (χ4n) is 2.90. The van der Waals surface area contributed by atoms with Crippen molar-refractivity contribution in [1.29, 1.82) is 0 Å². The Balaban J connectivity index is 2.45. The lowest BCUT2D eigenvalue weighted by Crippen LogP contribution is -2.44. The molecule has 1 aromatic rings. The zero-order valence-electron chi connectivity index (χ0n) is 12.1. The number of aliphatic carboxylic acids is 1. The molecule has 1 aliphatic rings. The number of hydrogen-bond donors (Lipinski definition) is 1. The van der Waals surface area contributed by atoms with Gasteiger partial charge in [0.1, 0.15) is 0 Å². The normalized spacial score (nSPS) is 19.8. The molecular weight excluding hydrogens is 283 g/mol. The number of anilines is 1. The Morgan fingerprint density at radius 2 is 1.95 bits per heavy atom. The van der Waals surface area contributed by atoms with Gasteiger partial charge in [-0.3, -0.25) is 4.79 Å². The van der Waals surface area contributed by atoms with E-state index >= 15 is 0 Å². The Morgan fingerprint density at radius 1 is 1.33 bits per heavy atom. The molecule has 2 rings (SSSR count). The predicted molar refractivity (Wildman–Crippen MR) is 73.4 cm³/mol. The fourth-order valence-corrected chi connectivity index (χ4v) is 2.90. The quantitative estimate of drug-likeness (QED) is 0.928. The standard InChI is InChI=1S/C15H18F3NO2/c1-8(2)19-12(9(3)14(20)21)6-10-4-5-11(7-13(10)19)15(16,17)18/h4-5,7-9,12H,6H2,1-3H3,(H,20,21). The van der Waals surface area contributed by atoms with Crippen LogP contribution >= 0.6 is 0 Å². The van der Waals surface area contributed by atoms with Crippen LogP contribution in [0.4, 0.5) is 18.9 Å². The molecule has 1 aromatic carbocycles. The van der Waals surface area contributed by atoms with Crippen LogP contribution < -0.4 is 4.90 Å². The molecule has 1 N–H and O–H groups in total. The van der Waals surface area contributed by atoms with Crippen molar-refractivity contribution in [3.05, 3.63) is 29.3 Å². The second-order valence-electron chi connectivity index (χ2n) is 5.74. The molecule has 0 saturated carbocycles. The highest BCUT2D eigenvalue weighted by molar-refractivity contribution is 5.73. The highest BCUT2D eigenvalue weighted by Crippen LogP contribution is 2.40. The van der Waals surface area contributed by atoms with E-state index in [0.717, 1.165) is 17.7 Å². The van der Waals surface area contributed by atoms with Gasteiger partial charge in [0.15, 0.2) is 0 Å². The zero-order valence-corrected chi connectivity index (χ0v) is 12.1. The van der Waals surface area contributed by atoms with Crippen molar-refractivity contribution in [2.45, 2.75) is 45.5 Å². The van der Waals surface area contributed by atoms with Gasteiger partial charge < -0.3 is 10.0 Å². The Bertz CT molecular complexity index is 554. The summed E-state index contributed by atoms with van der Waals surface area (Å²) in [6, 6.07) is 3.26. The van der Waals surface area contributed by atoms with Crippen molar-refractivity contribution in [3.8, 4) is 0 Å². The number of rotatable bonds is 3. The maximum Gasteiger partial charge on any atom is 0.416 e. The lowest BCUT2D eigenvalue weighted by atomic mass is 9.97. The summed E-state index contributed by atoms with van der Waals surface area (Å²) < 4.78 is 38.6. The number of carboxylic acids is 1. The van der Waals surface area contributed by atoms with Gasteiger partial charge in [0.25, 0.3) is 0 Å². The molecule has 0 saturated heterocycles. The molecule has 21 heavy (non-hydrogen) atoms. The molecule has 0 aliphatic carbocycles. The number of benzene rings is 1. The summed E-state index contributed by atoms with van der Waals surface area (Å²) in [6.45, 7) is 5.31. The molecule has 0 bridgehead atoms. The zero-order chi connectivity index (χ0) is 15.9. The first-order valence-corrected chi connectivity index (χ1v) is 6.84. The van der Waals surface area contributed by atoms with E-state index < -0.39 is 23.6 Å². The van der Waals surface area contributed by atoms with Gasteiger partial charge in [-0.1, -0.05) is 6.07 Å². The Hall–Kier alpha value is -1.72. The van der Waals surface area contributed by atoms with E-state index in [9.17, 15) is 23.1 Å². The Kier molecular flexibility index (Phi) is 3.91. The van der Waals surface area contributed by atoms with Gasteiger partial charge in [-0.25, -0.2) is 0 Å². The van der Waals surface area contributed by atoms with Crippen LogP contribution in [0.3, 0.4) is 0 Å². The predicted octanol–water partition coefficient (Wildman–Crippen LogP) is 3.57. The van der Waals surface area contributed by atoms with Gasteiger partial charge in [0.05, 0.1) is 11.5 Å². The number of alkyl halides is 3. The summed E-state index contributed by atoms with van der Waals surface area (Å²) in [5.41, 5.74) is 0.572. The summed E-state index contributed by atoms with van der Waals surface area (Å²) >= 11 is 0. The maximum absolute atomic E-state index is 12.9. The second kappa shape index (κ2) is 5.24. The molecule has 0 fully saturated rings. The highest BCUT2D eigenvalue weighted by Gasteiger charge is 2.39. The van der Waals surface area contributed by atoms with E-state index in [1.807, 2.05) is 13.8 Å². The molecule has 6 heteroatoms. The van der Waals surface area contributed by atoms with Gasteiger partial charge in [0.2, 0.25) is 0 Å². The van der Waals surface area contributed by atoms with Crippen molar-refractivity contribution < 1.29 is 23.1 Å². The van der Waals surface area contributed by atoms with E-state index in [-0.39, 0.29) is 12.1 Å². The molecule has 3 nitrogen and oxygen atoms in total. The van der Waals surface area contributed by atoms with Crippen LogP contribution in [0.15, 0.2) is 18.2 Å². The van der Waals surface area contributed by atoms with Gasteiger partial charge in [-0.2, -0.15) is 13.2 Å². The largest absolute Gasteiger partial charge is 0.481 e. The van der Waals surface area contributed by atoms with E-state index in [1.165, 1.54) is 6.07 Å². The number of carboxylic acid groups (broad SMARTS) is 1. The highest BCUT2D eigenvalue weighted by atomic mass is 19.4. The number of carbonyl (C=O) groups is 1. The van der Waals surface area contributed by atoms with E-state index in [1.54, 1.807) is 11.8 Å². The minimum Gasteiger partial charge on any atom is -0.481 e. The molecule has 0 radical (unpaired) electrons. The van der Waals surface area contributed by atoms with E-state index in [4.69, 9.17) is 0 Å². The Morgan fingerprint density at radius 3 is 2.43 bits per heavy atom.